The van der Waals surface area contributed by atoms with Crippen molar-refractivity contribution in [3.8, 4) is 11.5 Å². The van der Waals surface area contributed by atoms with Crippen molar-refractivity contribution in [2.45, 2.75) is 0 Å². The molecule has 5 aromatic carbocycles. The second-order valence-electron chi connectivity index (χ2n) is 9.08. The van der Waals surface area contributed by atoms with E-state index in [4.69, 9.17) is 9.47 Å². The molecular formula is C34H29N3O4. The fourth-order valence-corrected chi connectivity index (χ4v) is 4.47. The van der Waals surface area contributed by atoms with Crippen molar-refractivity contribution >= 4 is 40.3 Å². The Morgan fingerprint density at radius 1 is 0.610 bits per heavy atom. The van der Waals surface area contributed by atoms with Gasteiger partial charge in [0.2, 0.25) is 0 Å². The van der Waals surface area contributed by atoms with Gasteiger partial charge in [-0.1, -0.05) is 54.6 Å². The molecule has 204 valence electrons. The largest absolute Gasteiger partial charge is 0.497 e. The van der Waals surface area contributed by atoms with Crippen LogP contribution in [0.2, 0.25) is 0 Å². The number of ether oxygens (including phenoxy) is 2. The van der Waals surface area contributed by atoms with Gasteiger partial charge in [-0.15, -0.1) is 0 Å². The lowest BCUT2D eigenvalue weighted by molar-refractivity contribution is 0.101. The number of anilines is 5. The third-order valence-electron chi connectivity index (χ3n) is 6.46. The monoisotopic (exact) mass is 543 g/mol. The molecule has 0 aliphatic carbocycles. The lowest BCUT2D eigenvalue weighted by Crippen LogP contribution is -2.19. The molecule has 0 aliphatic rings. The predicted octanol–water partition coefficient (Wildman–Crippen LogP) is 7.68. The summed E-state index contributed by atoms with van der Waals surface area (Å²) in [6, 6.07) is 39.2. The van der Waals surface area contributed by atoms with Crippen LogP contribution in [-0.4, -0.2) is 26.0 Å². The maximum absolute atomic E-state index is 13.7. The molecule has 0 atom stereocenters. The van der Waals surface area contributed by atoms with Gasteiger partial charge in [0.05, 0.1) is 31.2 Å². The van der Waals surface area contributed by atoms with Crippen LogP contribution < -0.4 is 25.0 Å². The number of methoxy groups -OCH3 is 2. The van der Waals surface area contributed by atoms with Gasteiger partial charge in [-0.05, 0) is 66.7 Å². The summed E-state index contributed by atoms with van der Waals surface area (Å²) in [5.41, 5.74) is 4.43. The predicted molar refractivity (Wildman–Crippen MR) is 163 cm³/mol. The molecule has 0 unspecified atom stereocenters. The smallest absolute Gasteiger partial charge is 0.257 e. The van der Waals surface area contributed by atoms with Crippen LogP contribution in [0.5, 0.6) is 11.5 Å². The number of nitrogens with zero attached hydrogens (tertiary/aromatic N) is 1. The van der Waals surface area contributed by atoms with Crippen molar-refractivity contribution in [2.24, 2.45) is 0 Å². The molecular weight excluding hydrogens is 514 g/mol. The Morgan fingerprint density at radius 2 is 1.27 bits per heavy atom. The quantitative estimate of drug-likeness (QED) is 0.199. The molecule has 0 heterocycles. The molecule has 7 nitrogen and oxygen atoms in total. The van der Waals surface area contributed by atoms with E-state index in [1.54, 1.807) is 55.6 Å². The highest BCUT2D eigenvalue weighted by Crippen LogP contribution is 2.36. The van der Waals surface area contributed by atoms with E-state index < -0.39 is 0 Å². The van der Waals surface area contributed by atoms with Crippen LogP contribution in [0.1, 0.15) is 20.7 Å². The molecule has 41 heavy (non-hydrogen) atoms. The normalized spacial score (nSPS) is 10.4. The Balaban J connectivity index is 1.41. The topological polar surface area (TPSA) is 79.9 Å². The van der Waals surface area contributed by atoms with Gasteiger partial charge < -0.3 is 25.0 Å². The molecule has 2 amide bonds. The second-order valence-corrected chi connectivity index (χ2v) is 9.08. The maximum atomic E-state index is 13.7. The average molecular weight is 544 g/mol. The number of carbonyl (C=O) groups is 2. The molecule has 2 N–H and O–H groups in total. The van der Waals surface area contributed by atoms with E-state index in [1.165, 1.54) is 7.11 Å². The Kier molecular flexibility index (Phi) is 8.26. The highest BCUT2D eigenvalue weighted by atomic mass is 16.5. The number of amides is 2. The number of hydrogen-bond acceptors (Lipinski definition) is 5. The van der Waals surface area contributed by atoms with E-state index in [-0.39, 0.29) is 11.8 Å². The van der Waals surface area contributed by atoms with Crippen LogP contribution in [0.4, 0.5) is 28.4 Å². The summed E-state index contributed by atoms with van der Waals surface area (Å²) in [6.07, 6.45) is 0. The van der Waals surface area contributed by atoms with Crippen molar-refractivity contribution < 1.29 is 19.1 Å². The Bertz CT molecular complexity index is 1620. The molecule has 0 aliphatic heterocycles. The van der Waals surface area contributed by atoms with E-state index in [0.29, 0.717) is 34.0 Å². The highest BCUT2D eigenvalue weighted by molar-refractivity contribution is 6.10. The fourth-order valence-electron chi connectivity index (χ4n) is 4.47. The van der Waals surface area contributed by atoms with Gasteiger partial charge in [-0.3, -0.25) is 9.59 Å². The second kappa shape index (κ2) is 12.5. The fraction of sp³-hybridized carbons (Fsp3) is 0.0588. The molecule has 5 rings (SSSR count). The van der Waals surface area contributed by atoms with Gasteiger partial charge in [-0.2, -0.15) is 0 Å². The first-order valence-electron chi connectivity index (χ1n) is 13.0. The third kappa shape index (κ3) is 6.20. The summed E-state index contributed by atoms with van der Waals surface area (Å²) in [4.78, 5) is 28.8. The molecule has 0 saturated heterocycles. The van der Waals surface area contributed by atoms with Crippen LogP contribution >= 0.6 is 0 Å². The van der Waals surface area contributed by atoms with Crippen LogP contribution in [0.25, 0.3) is 0 Å². The number of para-hydroxylation sites is 3. The van der Waals surface area contributed by atoms with Gasteiger partial charge in [0.1, 0.15) is 11.5 Å². The lowest BCUT2D eigenvalue weighted by Gasteiger charge is -2.27. The van der Waals surface area contributed by atoms with E-state index in [2.05, 4.69) is 10.6 Å². The minimum atomic E-state index is -0.343. The van der Waals surface area contributed by atoms with Gasteiger partial charge in [0.25, 0.3) is 11.8 Å². The zero-order valence-electron chi connectivity index (χ0n) is 22.7. The van der Waals surface area contributed by atoms with E-state index in [1.807, 2.05) is 83.8 Å². The van der Waals surface area contributed by atoms with Crippen LogP contribution in [0, 0.1) is 0 Å². The van der Waals surface area contributed by atoms with Crippen molar-refractivity contribution in [2.75, 3.05) is 29.8 Å². The summed E-state index contributed by atoms with van der Waals surface area (Å²) in [5, 5.41) is 5.83. The Hall–Kier alpha value is -5.56. The first-order chi connectivity index (χ1) is 20.1. The summed E-state index contributed by atoms with van der Waals surface area (Å²) in [7, 11) is 3.08. The first kappa shape index (κ1) is 27.0. The number of hydrogen-bond donors (Lipinski definition) is 2. The maximum Gasteiger partial charge on any atom is 0.257 e. The van der Waals surface area contributed by atoms with Crippen molar-refractivity contribution in [3.63, 3.8) is 0 Å². The van der Waals surface area contributed by atoms with Gasteiger partial charge in [0.15, 0.2) is 0 Å². The molecule has 0 aromatic heterocycles. The molecule has 7 heteroatoms. The standard InChI is InChI=1S/C34H29N3O4/c1-40-28-20-21-30(32(23-28)41-2)36-33(38)24-12-11-13-25(22-24)35-34(39)29-18-9-10-19-31(29)37(26-14-5-3-6-15-26)27-16-7-4-8-17-27/h3-23H,1-2H3,(H,35,39)(H,36,38). The van der Waals surface area contributed by atoms with Crippen molar-refractivity contribution in [3.05, 3.63) is 139 Å². The summed E-state index contributed by atoms with van der Waals surface area (Å²) >= 11 is 0. The number of rotatable bonds is 9. The van der Waals surface area contributed by atoms with Gasteiger partial charge in [0, 0.05) is 28.7 Å². The van der Waals surface area contributed by atoms with Gasteiger partial charge >= 0.3 is 0 Å². The molecule has 0 spiro atoms. The Morgan fingerprint density at radius 3 is 1.93 bits per heavy atom. The van der Waals surface area contributed by atoms with E-state index >= 15 is 0 Å². The summed E-state index contributed by atoms with van der Waals surface area (Å²) in [6.45, 7) is 0. The lowest BCUT2D eigenvalue weighted by atomic mass is 10.1. The summed E-state index contributed by atoms with van der Waals surface area (Å²) < 4.78 is 10.6. The number of nitrogens with one attached hydrogen (secondary N) is 2. The zero-order chi connectivity index (χ0) is 28.6. The molecule has 0 saturated carbocycles. The average Bonchev–Trinajstić information content (AvgIpc) is 3.03. The van der Waals surface area contributed by atoms with E-state index in [9.17, 15) is 9.59 Å². The molecule has 0 fully saturated rings. The first-order valence-corrected chi connectivity index (χ1v) is 13.0. The third-order valence-corrected chi connectivity index (χ3v) is 6.46. The number of benzene rings is 5. The number of carbonyl (C=O) groups excluding carboxylic acids is 2. The minimum Gasteiger partial charge on any atom is -0.497 e. The molecule has 0 bridgehead atoms. The van der Waals surface area contributed by atoms with Crippen LogP contribution in [0.15, 0.2) is 127 Å². The van der Waals surface area contributed by atoms with E-state index in [0.717, 1.165) is 17.1 Å². The summed E-state index contributed by atoms with van der Waals surface area (Å²) in [5.74, 6) is 0.444. The van der Waals surface area contributed by atoms with Crippen molar-refractivity contribution in [1.29, 1.82) is 0 Å². The van der Waals surface area contributed by atoms with Crippen molar-refractivity contribution in [1.82, 2.24) is 0 Å². The van der Waals surface area contributed by atoms with Crippen LogP contribution in [0.3, 0.4) is 0 Å². The molecule has 0 radical (unpaired) electrons. The van der Waals surface area contributed by atoms with Gasteiger partial charge in [-0.25, -0.2) is 0 Å². The Labute approximate surface area is 239 Å². The zero-order valence-corrected chi connectivity index (χ0v) is 22.7. The highest BCUT2D eigenvalue weighted by Gasteiger charge is 2.20. The molecule has 5 aromatic rings. The minimum absolute atomic E-state index is 0.299. The van der Waals surface area contributed by atoms with Crippen LogP contribution in [-0.2, 0) is 0 Å². The SMILES string of the molecule is COc1ccc(NC(=O)c2cccc(NC(=O)c3ccccc3N(c3ccccc3)c3ccccc3)c2)c(OC)c1.